The monoisotopic (exact) mass is 291 g/mol. The summed E-state index contributed by atoms with van der Waals surface area (Å²) in [5, 5.41) is 14.0. The van der Waals surface area contributed by atoms with Gasteiger partial charge in [0.25, 0.3) is 0 Å². The van der Waals surface area contributed by atoms with Gasteiger partial charge in [-0.1, -0.05) is 32.9 Å². The molecule has 2 rings (SSSR count). The van der Waals surface area contributed by atoms with Gasteiger partial charge >= 0.3 is 0 Å². The van der Waals surface area contributed by atoms with Crippen molar-refractivity contribution in [2.45, 2.75) is 64.5 Å². The Morgan fingerprint density at radius 2 is 2.05 bits per heavy atom. The zero-order valence-corrected chi connectivity index (χ0v) is 13.6. The van der Waals surface area contributed by atoms with Crippen LogP contribution in [0.15, 0.2) is 18.2 Å². The Morgan fingerprint density at radius 1 is 1.29 bits per heavy atom. The molecule has 1 aliphatic carbocycles. The number of ether oxygens (including phenoxy) is 1. The van der Waals surface area contributed by atoms with E-state index in [9.17, 15) is 5.11 Å². The van der Waals surface area contributed by atoms with E-state index in [0.717, 1.165) is 44.4 Å². The van der Waals surface area contributed by atoms with Crippen LogP contribution in [0.4, 0.5) is 0 Å². The van der Waals surface area contributed by atoms with Crippen molar-refractivity contribution in [2.24, 2.45) is 0 Å². The third-order valence-electron chi connectivity index (χ3n) is 4.68. The van der Waals surface area contributed by atoms with E-state index in [-0.39, 0.29) is 0 Å². The molecule has 1 unspecified atom stereocenters. The SMILES string of the molecule is CCCNC1CCc2c(OCC(O)(CC)CC)cccc21. The van der Waals surface area contributed by atoms with Gasteiger partial charge in [-0.2, -0.15) is 0 Å². The average molecular weight is 291 g/mol. The van der Waals surface area contributed by atoms with Crippen LogP contribution in [0.1, 0.15) is 63.6 Å². The number of aliphatic hydroxyl groups is 1. The summed E-state index contributed by atoms with van der Waals surface area (Å²) in [6.07, 6.45) is 4.80. The minimum atomic E-state index is -0.707. The number of hydrogen-bond acceptors (Lipinski definition) is 3. The fourth-order valence-corrected chi connectivity index (χ4v) is 2.95. The molecule has 0 aromatic heterocycles. The van der Waals surface area contributed by atoms with Crippen molar-refractivity contribution in [3.05, 3.63) is 29.3 Å². The summed E-state index contributed by atoms with van der Waals surface area (Å²) in [7, 11) is 0. The molecule has 0 spiro atoms. The third kappa shape index (κ3) is 3.78. The first-order valence-corrected chi connectivity index (χ1v) is 8.34. The number of fused-ring (bicyclic) bond motifs is 1. The van der Waals surface area contributed by atoms with Crippen molar-refractivity contribution in [1.29, 1.82) is 0 Å². The molecule has 0 aliphatic heterocycles. The van der Waals surface area contributed by atoms with E-state index in [4.69, 9.17) is 4.74 Å². The second kappa shape index (κ2) is 7.28. The minimum absolute atomic E-state index is 0.378. The average Bonchev–Trinajstić information content (AvgIpc) is 2.94. The summed E-state index contributed by atoms with van der Waals surface area (Å²) in [6.45, 7) is 7.64. The topological polar surface area (TPSA) is 41.5 Å². The van der Waals surface area contributed by atoms with Crippen LogP contribution in [0.5, 0.6) is 5.75 Å². The molecule has 1 atom stereocenters. The van der Waals surface area contributed by atoms with Crippen molar-refractivity contribution in [2.75, 3.05) is 13.2 Å². The molecule has 1 aromatic rings. The van der Waals surface area contributed by atoms with Gasteiger partial charge in [0.15, 0.2) is 0 Å². The molecule has 0 amide bonds. The number of hydrogen-bond donors (Lipinski definition) is 2. The van der Waals surface area contributed by atoms with E-state index in [1.807, 2.05) is 19.9 Å². The van der Waals surface area contributed by atoms with Gasteiger partial charge in [-0.3, -0.25) is 0 Å². The van der Waals surface area contributed by atoms with Crippen LogP contribution in [0.25, 0.3) is 0 Å². The molecule has 2 N–H and O–H groups in total. The Morgan fingerprint density at radius 3 is 2.71 bits per heavy atom. The lowest BCUT2D eigenvalue weighted by atomic mass is 9.99. The smallest absolute Gasteiger partial charge is 0.122 e. The van der Waals surface area contributed by atoms with E-state index in [1.54, 1.807) is 0 Å². The molecular weight excluding hydrogens is 262 g/mol. The molecule has 3 heteroatoms. The first kappa shape index (κ1) is 16.3. The van der Waals surface area contributed by atoms with Crippen LogP contribution in [-0.2, 0) is 6.42 Å². The Bertz CT molecular complexity index is 455. The summed E-state index contributed by atoms with van der Waals surface area (Å²) in [6, 6.07) is 6.76. The maximum Gasteiger partial charge on any atom is 0.122 e. The Labute approximate surface area is 128 Å². The number of nitrogens with one attached hydrogen (secondary N) is 1. The Hall–Kier alpha value is -1.06. The van der Waals surface area contributed by atoms with Crippen molar-refractivity contribution in [3.63, 3.8) is 0 Å². The lowest BCUT2D eigenvalue weighted by molar-refractivity contribution is -0.0115. The molecule has 118 valence electrons. The Kier molecular flexibility index (Phi) is 5.65. The van der Waals surface area contributed by atoms with E-state index < -0.39 is 5.60 Å². The summed E-state index contributed by atoms with van der Waals surface area (Å²) in [5.41, 5.74) is 1.99. The van der Waals surface area contributed by atoms with Gasteiger partial charge in [0.1, 0.15) is 12.4 Å². The van der Waals surface area contributed by atoms with E-state index in [0.29, 0.717) is 12.6 Å². The highest BCUT2D eigenvalue weighted by atomic mass is 16.5. The van der Waals surface area contributed by atoms with Gasteiger partial charge in [0.2, 0.25) is 0 Å². The molecule has 0 saturated heterocycles. The second-order valence-electron chi connectivity index (χ2n) is 6.09. The summed E-state index contributed by atoms with van der Waals surface area (Å²) < 4.78 is 5.97. The standard InChI is InChI=1S/C18H29NO2/c1-4-12-19-16-11-10-15-14(16)8-7-9-17(15)21-13-18(20,5-2)6-3/h7-9,16,19-20H,4-6,10-13H2,1-3H3. The van der Waals surface area contributed by atoms with Crippen LogP contribution < -0.4 is 10.1 Å². The van der Waals surface area contributed by atoms with E-state index >= 15 is 0 Å². The van der Waals surface area contributed by atoms with Crippen LogP contribution in [-0.4, -0.2) is 23.9 Å². The fraction of sp³-hybridized carbons (Fsp3) is 0.667. The van der Waals surface area contributed by atoms with Crippen molar-refractivity contribution < 1.29 is 9.84 Å². The molecule has 3 nitrogen and oxygen atoms in total. The van der Waals surface area contributed by atoms with Gasteiger partial charge in [-0.25, -0.2) is 0 Å². The van der Waals surface area contributed by atoms with Crippen LogP contribution >= 0.6 is 0 Å². The molecule has 0 saturated carbocycles. The summed E-state index contributed by atoms with van der Waals surface area (Å²) >= 11 is 0. The van der Waals surface area contributed by atoms with Crippen LogP contribution in [0.2, 0.25) is 0 Å². The van der Waals surface area contributed by atoms with Crippen LogP contribution in [0.3, 0.4) is 0 Å². The van der Waals surface area contributed by atoms with Gasteiger partial charge in [-0.05, 0) is 55.8 Å². The van der Waals surface area contributed by atoms with Gasteiger partial charge < -0.3 is 15.2 Å². The molecule has 1 aromatic carbocycles. The molecule has 0 radical (unpaired) electrons. The highest BCUT2D eigenvalue weighted by Crippen LogP contribution is 2.37. The van der Waals surface area contributed by atoms with Gasteiger partial charge in [0.05, 0.1) is 5.60 Å². The molecular formula is C18H29NO2. The highest BCUT2D eigenvalue weighted by Gasteiger charge is 2.27. The first-order valence-electron chi connectivity index (χ1n) is 8.34. The predicted molar refractivity (Wildman–Crippen MR) is 86.8 cm³/mol. The largest absolute Gasteiger partial charge is 0.490 e. The fourth-order valence-electron chi connectivity index (χ4n) is 2.95. The van der Waals surface area contributed by atoms with E-state index in [1.165, 1.54) is 11.1 Å². The maximum atomic E-state index is 10.4. The first-order chi connectivity index (χ1) is 10.1. The molecule has 0 bridgehead atoms. The van der Waals surface area contributed by atoms with Crippen molar-refractivity contribution in [1.82, 2.24) is 5.32 Å². The number of benzene rings is 1. The quantitative estimate of drug-likeness (QED) is 0.769. The maximum absolute atomic E-state index is 10.4. The lowest BCUT2D eigenvalue weighted by Gasteiger charge is -2.25. The lowest BCUT2D eigenvalue weighted by Crippen LogP contribution is -2.34. The predicted octanol–water partition coefficient (Wildman–Crippen LogP) is 3.60. The van der Waals surface area contributed by atoms with E-state index in [2.05, 4.69) is 24.4 Å². The Balaban J connectivity index is 2.08. The van der Waals surface area contributed by atoms with Crippen LogP contribution in [0, 0.1) is 0 Å². The van der Waals surface area contributed by atoms with Crippen molar-refractivity contribution in [3.8, 4) is 5.75 Å². The molecule has 1 aliphatic rings. The summed E-state index contributed by atoms with van der Waals surface area (Å²) in [5.74, 6) is 0.952. The normalized spacial score (nSPS) is 17.8. The zero-order valence-electron chi connectivity index (χ0n) is 13.6. The van der Waals surface area contributed by atoms with Gasteiger partial charge in [-0.15, -0.1) is 0 Å². The van der Waals surface area contributed by atoms with Gasteiger partial charge in [0, 0.05) is 6.04 Å². The molecule has 0 heterocycles. The molecule has 0 fully saturated rings. The number of rotatable bonds is 8. The summed E-state index contributed by atoms with van der Waals surface area (Å²) in [4.78, 5) is 0. The highest BCUT2D eigenvalue weighted by molar-refractivity contribution is 5.45. The molecule has 21 heavy (non-hydrogen) atoms. The van der Waals surface area contributed by atoms with Crippen molar-refractivity contribution >= 4 is 0 Å². The zero-order chi connectivity index (χ0) is 15.3. The second-order valence-corrected chi connectivity index (χ2v) is 6.09. The third-order valence-corrected chi connectivity index (χ3v) is 4.68. The minimum Gasteiger partial charge on any atom is -0.490 e.